The highest BCUT2D eigenvalue weighted by Crippen LogP contribution is 2.12. The Morgan fingerprint density at radius 3 is 2.79 bits per heavy atom. The smallest absolute Gasteiger partial charge is 0.0341 e. The van der Waals surface area contributed by atoms with Crippen molar-refractivity contribution in [3.63, 3.8) is 0 Å². The molecule has 0 aliphatic carbocycles. The summed E-state index contributed by atoms with van der Waals surface area (Å²) >= 11 is 2.32. The summed E-state index contributed by atoms with van der Waals surface area (Å²) in [5.41, 5.74) is 1.22. The van der Waals surface area contributed by atoms with Crippen molar-refractivity contribution < 1.29 is 0 Å². The van der Waals surface area contributed by atoms with Crippen LogP contribution in [-0.4, -0.2) is 19.1 Å². The molecule has 1 aromatic carbocycles. The van der Waals surface area contributed by atoms with Crippen molar-refractivity contribution in [3.8, 4) is 0 Å². The molecule has 0 saturated carbocycles. The maximum Gasteiger partial charge on any atom is 0.0341 e. The third-order valence-corrected chi connectivity index (χ3v) is 3.28. The number of nitrogens with one attached hydrogen (secondary N) is 2. The monoisotopic (exact) mass is 302 g/mol. The van der Waals surface area contributed by atoms with Gasteiger partial charge in [0.05, 0.1) is 0 Å². The van der Waals surface area contributed by atoms with Crippen molar-refractivity contribution in [1.82, 2.24) is 5.32 Å². The van der Waals surface area contributed by atoms with Crippen molar-refractivity contribution in [2.24, 2.45) is 0 Å². The standard InChI is InChI=1S/C11H15IN2/c12-9-3-5-10(6-4-9)14-8-11-2-1-7-13-11/h3-6,11,13-14H,1-2,7-8H2. The Morgan fingerprint density at radius 1 is 1.36 bits per heavy atom. The van der Waals surface area contributed by atoms with E-state index in [1.54, 1.807) is 0 Å². The summed E-state index contributed by atoms with van der Waals surface area (Å²) < 4.78 is 1.28. The minimum Gasteiger partial charge on any atom is -0.383 e. The molecule has 1 saturated heterocycles. The summed E-state index contributed by atoms with van der Waals surface area (Å²) in [4.78, 5) is 0. The summed E-state index contributed by atoms with van der Waals surface area (Å²) in [6, 6.07) is 9.19. The summed E-state index contributed by atoms with van der Waals surface area (Å²) in [5, 5.41) is 6.92. The van der Waals surface area contributed by atoms with E-state index in [4.69, 9.17) is 0 Å². The average Bonchev–Trinajstić information content (AvgIpc) is 2.70. The first-order chi connectivity index (χ1) is 6.84. The van der Waals surface area contributed by atoms with E-state index in [0.29, 0.717) is 6.04 Å². The van der Waals surface area contributed by atoms with Gasteiger partial charge in [0, 0.05) is 21.8 Å². The minimum absolute atomic E-state index is 0.661. The second-order valence-electron chi connectivity index (χ2n) is 3.68. The molecule has 1 aromatic rings. The van der Waals surface area contributed by atoms with Crippen molar-refractivity contribution in [2.45, 2.75) is 18.9 Å². The van der Waals surface area contributed by atoms with Gasteiger partial charge < -0.3 is 10.6 Å². The molecule has 0 radical (unpaired) electrons. The van der Waals surface area contributed by atoms with Gasteiger partial charge in [-0.15, -0.1) is 0 Å². The molecule has 1 heterocycles. The summed E-state index contributed by atoms with van der Waals surface area (Å²) in [7, 11) is 0. The fourth-order valence-corrected chi connectivity index (χ4v) is 2.10. The van der Waals surface area contributed by atoms with E-state index in [9.17, 15) is 0 Å². The van der Waals surface area contributed by atoms with Crippen LogP contribution in [0.1, 0.15) is 12.8 Å². The number of halogens is 1. The molecular formula is C11H15IN2. The normalized spacial score (nSPS) is 21.1. The molecule has 1 aliphatic rings. The molecule has 2 N–H and O–H groups in total. The first-order valence-corrected chi connectivity index (χ1v) is 6.15. The first-order valence-electron chi connectivity index (χ1n) is 5.07. The molecular weight excluding hydrogens is 287 g/mol. The average molecular weight is 302 g/mol. The van der Waals surface area contributed by atoms with Gasteiger partial charge in [0.2, 0.25) is 0 Å². The lowest BCUT2D eigenvalue weighted by molar-refractivity contribution is 0.633. The SMILES string of the molecule is Ic1ccc(NCC2CCCN2)cc1. The first kappa shape index (κ1) is 10.2. The van der Waals surface area contributed by atoms with Gasteiger partial charge in [-0.1, -0.05) is 0 Å². The zero-order valence-electron chi connectivity index (χ0n) is 8.09. The third-order valence-electron chi connectivity index (χ3n) is 2.56. The van der Waals surface area contributed by atoms with E-state index in [2.05, 4.69) is 57.5 Å². The van der Waals surface area contributed by atoms with Gasteiger partial charge in [-0.2, -0.15) is 0 Å². The van der Waals surface area contributed by atoms with Crippen LogP contribution in [0.5, 0.6) is 0 Å². The molecule has 1 fully saturated rings. The predicted octanol–water partition coefficient (Wildman–Crippen LogP) is 2.46. The van der Waals surface area contributed by atoms with Crippen LogP contribution in [0.4, 0.5) is 5.69 Å². The number of hydrogen-bond acceptors (Lipinski definition) is 2. The Kier molecular flexibility index (Phi) is 3.64. The molecule has 76 valence electrons. The highest BCUT2D eigenvalue weighted by Gasteiger charge is 2.12. The second-order valence-corrected chi connectivity index (χ2v) is 4.93. The van der Waals surface area contributed by atoms with E-state index in [-0.39, 0.29) is 0 Å². The quantitative estimate of drug-likeness (QED) is 0.838. The number of anilines is 1. The van der Waals surface area contributed by atoms with E-state index in [1.165, 1.54) is 28.6 Å². The van der Waals surface area contributed by atoms with Crippen LogP contribution < -0.4 is 10.6 Å². The molecule has 0 spiro atoms. The Morgan fingerprint density at radius 2 is 2.14 bits per heavy atom. The van der Waals surface area contributed by atoms with Gasteiger partial charge in [-0.25, -0.2) is 0 Å². The van der Waals surface area contributed by atoms with Gasteiger partial charge >= 0.3 is 0 Å². The maximum absolute atomic E-state index is 3.47. The van der Waals surface area contributed by atoms with Crippen LogP contribution in [0.3, 0.4) is 0 Å². The van der Waals surface area contributed by atoms with Crippen molar-refractivity contribution >= 4 is 28.3 Å². The van der Waals surface area contributed by atoms with Crippen molar-refractivity contribution in [2.75, 3.05) is 18.4 Å². The highest BCUT2D eigenvalue weighted by molar-refractivity contribution is 14.1. The van der Waals surface area contributed by atoms with Crippen LogP contribution >= 0.6 is 22.6 Å². The van der Waals surface area contributed by atoms with Crippen molar-refractivity contribution in [3.05, 3.63) is 27.8 Å². The van der Waals surface area contributed by atoms with Crippen LogP contribution in [0, 0.1) is 3.57 Å². The molecule has 1 unspecified atom stereocenters. The van der Waals surface area contributed by atoms with Crippen molar-refractivity contribution in [1.29, 1.82) is 0 Å². The van der Waals surface area contributed by atoms with Gasteiger partial charge in [-0.3, -0.25) is 0 Å². The minimum atomic E-state index is 0.661. The molecule has 0 bridgehead atoms. The Hall–Kier alpha value is -0.290. The molecule has 2 rings (SSSR count). The van der Waals surface area contributed by atoms with E-state index in [0.717, 1.165) is 6.54 Å². The van der Waals surface area contributed by atoms with Gasteiger partial charge in [0.15, 0.2) is 0 Å². The molecule has 2 nitrogen and oxygen atoms in total. The highest BCUT2D eigenvalue weighted by atomic mass is 127. The number of hydrogen-bond donors (Lipinski definition) is 2. The summed E-state index contributed by atoms with van der Waals surface area (Å²) in [5.74, 6) is 0. The largest absolute Gasteiger partial charge is 0.383 e. The lowest BCUT2D eigenvalue weighted by Gasteiger charge is -2.12. The fourth-order valence-electron chi connectivity index (χ4n) is 1.74. The van der Waals surface area contributed by atoms with Crippen LogP contribution in [-0.2, 0) is 0 Å². The van der Waals surface area contributed by atoms with E-state index in [1.807, 2.05) is 0 Å². The van der Waals surface area contributed by atoms with Gasteiger partial charge in [0.25, 0.3) is 0 Å². The van der Waals surface area contributed by atoms with E-state index < -0.39 is 0 Å². The summed E-state index contributed by atoms with van der Waals surface area (Å²) in [6.07, 6.45) is 2.62. The molecule has 3 heteroatoms. The molecule has 1 aliphatic heterocycles. The fraction of sp³-hybridized carbons (Fsp3) is 0.455. The molecule has 1 atom stereocenters. The van der Waals surface area contributed by atoms with Gasteiger partial charge in [-0.05, 0) is 66.2 Å². The van der Waals surface area contributed by atoms with E-state index >= 15 is 0 Å². The predicted molar refractivity (Wildman–Crippen MR) is 68.7 cm³/mol. The Balaban J connectivity index is 1.82. The lowest BCUT2D eigenvalue weighted by atomic mass is 10.2. The summed E-state index contributed by atoms with van der Waals surface area (Å²) in [6.45, 7) is 2.22. The zero-order chi connectivity index (χ0) is 9.80. The zero-order valence-corrected chi connectivity index (χ0v) is 10.3. The number of benzene rings is 1. The van der Waals surface area contributed by atoms with Crippen LogP contribution in [0.15, 0.2) is 24.3 Å². The van der Waals surface area contributed by atoms with Crippen LogP contribution in [0.2, 0.25) is 0 Å². The van der Waals surface area contributed by atoms with Crippen LogP contribution in [0.25, 0.3) is 0 Å². The maximum atomic E-state index is 3.47. The second kappa shape index (κ2) is 4.98. The third kappa shape index (κ3) is 2.85. The van der Waals surface area contributed by atoms with Gasteiger partial charge in [0.1, 0.15) is 0 Å². The topological polar surface area (TPSA) is 24.1 Å². The Labute approximate surface area is 98.6 Å². The lowest BCUT2D eigenvalue weighted by Crippen LogP contribution is -2.29. The Bertz CT molecular complexity index is 278. The molecule has 0 amide bonds. The number of rotatable bonds is 3. The molecule has 0 aromatic heterocycles. The molecule has 14 heavy (non-hydrogen) atoms.